The molecule has 0 heterocycles. The third-order valence-corrected chi connectivity index (χ3v) is 6.64. The molecular weight excluding hydrogens is 482 g/mol. The topological polar surface area (TPSA) is 118 Å². The van der Waals surface area contributed by atoms with E-state index in [1.807, 2.05) is 0 Å². The minimum Gasteiger partial charge on any atom is -0.504 e. The predicted molar refractivity (Wildman–Crippen MR) is 129 cm³/mol. The third kappa shape index (κ3) is 5.77. The van der Waals surface area contributed by atoms with Crippen LogP contribution in [0.15, 0.2) is 76.7 Å². The highest BCUT2D eigenvalue weighted by molar-refractivity contribution is 7.92. The maximum atomic E-state index is 13.4. The summed E-state index contributed by atoms with van der Waals surface area (Å²) in [6.07, 6.45) is 1.33. The van der Waals surface area contributed by atoms with E-state index in [2.05, 4.69) is 10.5 Å². The fraction of sp³-hybridized carbons (Fsp3) is 0.130. The molecule has 178 valence electrons. The summed E-state index contributed by atoms with van der Waals surface area (Å²) < 4.78 is 38.1. The molecule has 34 heavy (non-hydrogen) atoms. The second kappa shape index (κ2) is 10.9. The van der Waals surface area contributed by atoms with Crippen molar-refractivity contribution >= 4 is 39.4 Å². The van der Waals surface area contributed by atoms with Gasteiger partial charge < -0.3 is 14.6 Å². The molecular formula is C23H22ClN3O6S. The average molecular weight is 504 g/mol. The Morgan fingerprint density at radius 1 is 1.06 bits per heavy atom. The second-order valence-corrected chi connectivity index (χ2v) is 9.16. The van der Waals surface area contributed by atoms with E-state index in [-0.39, 0.29) is 32.9 Å². The Morgan fingerprint density at radius 2 is 1.76 bits per heavy atom. The van der Waals surface area contributed by atoms with E-state index in [9.17, 15) is 18.3 Å². The fourth-order valence-electron chi connectivity index (χ4n) is 3.00. The summed E-state index contributed by atoms with van der Waals surface area (Å²) in [6.45, 7) is -0.593. The number of carbonyl (C=O) groups excluding carboxylic acids is 1. The summed E-state index contributed by atoms with van der Waals surface area (Å²) in [5.41, 5.74) is 2.95. The van der Waals surface area contributed by atoms with Crippen LogP contribution in [0.3, 0.4) is 0 Å². The molecule has 0 unspecified atom stereocenters. The number of hydrogen-bond donors (Lipinski definition) is 2. The highest BCUT2D eigenvalue weighted by Gasteiger charge is 2.29. The van der Waals surface area contributed by atoms with Crippen LogP contribution in [0.5, 0.6) is 17.2 Å². The molecule has 1 amide bonds. The number of amides is 1. The number of halogens is 1. The molecule has 0 bridgehead atoms. The van der Waals surface area contributed by atoms with Crippen LogP contribution < -0.4 is 19.2 Å². The smallest absolute Gasteiger partial charge is 0.264 e. The Bertz CT molecular complexity index is 1300. The number of hydrogen-bond acceptors (Lipinski definition) is 7. The van der Waals surface area contributed by atoms with E-state index in [4.69, 9.17) is 21.1 Å². The molecule has 11 heteroatoms. The normalized spacial score (nSPS) is 11.3. The number of phenols is 1. The van der Waals surface area contributed by atoms with Crippen LogP contribution in [0.25, 0.3) is 0 Å². The number of phenolic OH excluding ortho intramolecular Hbond substituents is 1. The maximum Gasteiger partial charge on any atom is 0.264 e. The summed E-state index contributed by atoms with van der Waals surface area (Å²) >= 11 is 6.11. The van der Waals surface area contributed by atoms with Gasteiger partial charge in [0.25, 0.3) is 15.9 Å². The van der Waals surface area contributed by atoms with E-state index in [0.29, 0.717) is 5.56 Å². The van der Waals surface area contributed by atoms with Crippen molar-refractivity contribution in [2.24, 2.45) is 5.10 Å². The number of sulfonamides is 1. The molecule has 2 N–H and O–H groups in total. The first kappa shape index (κ1) is 24.9. The van der Waals surface area contributed by atoms with Gasteiger partial charge >= 0.3 is 0 Å². The van der Waals surface area contributed by atoms with Crippen LogP contribution in [-0.4, -0.2) is 46.4 Å². The highest BCUT2D eigenvalue weighted by atomic mass is 35.5. The van der Waals surface area contributed by atoms with Gasteiger partial charge in [0.1, 0.15) is 12.3 Å². The fourth-order valence-corrected chi connectivity index (χ4v) is 4.61. The quantitative estimate of drug-likeness (QED) is 0.341. The minimum absolute atomic E-state index is 0.00971. The van der Waals surface area contributed by atoms with Crippen molar-refractivity contribution in [1.29, 1.82) is 0 Å². The van der Waals surface area contributed by atoms with Gasteiger partial charge in [-0.2, -0.15) is 5.10 Å². The Labute approximate surface area is 202 Å². The molecule has 0 fully saturated rings. The Balaban J connectivity index is 1.89. The Hall–Kier alpha value is -3.76. The number of benzene rings is 3. The lowest BCUT2D eigenvalue weighted by atomic mass is 10.2. The molecule has 3 aromatic carbocycles. The highest BCUT2D eigenvalue weighted by Crippen LogP contribution is 2.34. The minimum atomic E-state index is -4.15. The number of aromatic hydroxyl groups is 1. The van der Waals surface area contributed by atoms with Crippen molar-refractivity contribution < 1.29 is 27.8 Å². The first-order valence-electron chi connectivity index (χ1n) is 9.86. The van der Waals surface area contributed by atoms with Crippen molar-refractivity contribution in [2.75, 3.05) is 25.1 Å². The van der Waals surface area contributed by atoms with Gasteiger partial charge in [0.2, 0.25) is 0 Å². The summed E-state index contributed by atoms with van der Waals surface area (Å²) in [7, 11) is -1.36. The molecule has 9 nitrogen and oxygen atoms in total. The SMILES string of the molecule is COc1cc(/C=N/NC(=O)CN(c2cc(Cl)ccc2OC)S(=O)(=O)c2ccccc2)ccc1O. The zero-order valence-corrected chi connectivity index (χ0v) is 19.9. The van der Waals surface area contributed by atoms with Gasteiger partial charge in [-0.1, -0.05) is 29.8 Å². The van der Waals surface area contributed by atoms with Crippen molar-refractivity contribution in [3.8, 4) is 17.2 Å². The number of carbonyl (C=O) groups is 1. The van der Waals surface area contributed by atoms with E-state index in [1.54, 1.807) is 30.3 Å². The van der Waals surface area contributed by atoms with Crippen molar-refractivity contribution in [2.45, 2.75) is 4.90 Å². The van der Waals surface area contributed by atoms with Crippen LogP contribution in [0.1, 0.15) is 5.56 Å². The van der Waals surface area contributed by atoms with Crippen molar-refractivity contribution in [3.05, 3.63) is 77.3 Å². The van der Waals surface area contributed by atoms with Gasteiger partial charge in [0.15, 0.2) is 11.5 Å². The third-order valence-electron chi connectivity index (χ3n) is 4.63. The van der Waals surface area contributed by atoms with Gasteiger partial charge in [-0.15, -0.1) is 0 Å². The Morgan fingerprint density at radius 3 is 2.44 bits per heavy atom. The van der Waals surface area contributed by atoms with Crippen LogP contribution in [0.4, 0.5) is 5.69 Å². The molecule has 0 saturated carbocycles. The first-order chi connectivity index (χ1) is 16.3. The summed E-state index contributed by atoms with van der Waals surface area (Å²) in [6, 6.07) is 16.7. The zero-order chi connectivity index (χ0) is 24.7. The largest absolute Gasteiger partial charge is 0.504 e. The van der Waals surface area contributed by atoms with E-state index in [0.717, 1.165) is 4.31 Å². The molecule has 0 spiro atoms. The molecule has 0 aliphatic rings. The lowest BCUT2D eigenvalue weighted by Crippen LogP contribution is -2.39. The molecule has 0 atom stereocenters. The van der Waals surface area contributed by atoms with Crippen LogP contribution >= 0.6 is 11.6 Å². The van der Waals surface area contributed by atoms with Crippen molar-refractivity contribution in [3.63, 3.8) is 0 Å². The van der Waals surface area contributed by atoms with Crippen molar-refractivity contribution in [1.82, 2.24) is 5.43 Å². The molecule has 0 radical (unpaired) electrons. The molecule has 0 aliphatic carbocycles. The van der Waals surface area contributed by atoms with Gasteiger partial charge in [-0.05, 0) is 54.1 Å². The number of anilines is 1. The van der Waals surface area contributed by atoms with Gasteiger partial charge in [-0.25, -0.2) is 13.8 Å². The van der Waals surface area contributed by atoms with E-state index in [1.165, 1.54) is 56.8 Å². The van der Waals surface area contributed by atoms with Crippen LogP contribution in [-0.2, 0) is 14.8 Å². The maximum absolute atomic E-state index is 13.4. The van der Waals surface area contributed by atoms with Gasteiger partial charge in [0.05, 0.1) is 31.0 Å². The summed E-state index contributed by atoms with van der Waals surface area (Å²) in [5.74, 6) is -0.288. The summed E-state index contributed by atoms with van der Waals surface area (Å²) in [5, 5.41) is 13.8. The first-order valence-corrected chi connectivity index (χ1v) is 11.7. The molecule has 3 aromatic rings. The number of methoxy groups -OCH3 is 2. The number of rotatable bonds is 9. The molecule has 0 aliphatic heterocycles. The standard InChI is InChI=1S/C23H22ClN3O6S/c1-32-21-11-9-17(24)13-19(21)27(34(30,31)18-6-4-3-5-7-18)15-23(29)26-25-14-16-8-10-20(28)22(12-16)33-2/h3-14,28H,15H2,1-2H3,(H,26,29)/b25-14+. The van der Waals surface area contributed by atoms with Gasteiger partial charge in [0, 0.05) is 5.02 Å². The van der Waals surface area contributed by atoms with Gasteiger partial charge in [-0.3, -0.25) is 9.10 Å². The number of ether oxygens (including phenoxy) is 2. The van der Waals surface area contributed by atoms with E-state index >= 15 is 0 Å². The second-order valence-electron chi connectivity index (χ2n) is 6.87. The molecule has 0 saturated heterocycles. The average Bonchev–Trinajstić information content (AvgIpc) is 2.84. The molecule has 3 rings (SSSR count). The monoisotopic (exact) mass is 503 g/mol. The lowest BCUT2D eigenvalue weighted by Gasteiger charge is -2.25. The zero-order valence-electron chi connectivity index (χ0n) is 18.3. The summed E-state index contributed by atoms with van der Waals surface area (Å²) in [4.78, 5) is 12.7. The predicted octanol–water partition coefficient (Wildman–Crippen LogP) is 3.41. The van der Waals surface area contributed by atoms with E-state index < -0.39 is 22.5 Å². The number of nitrogens with zero attached hydrogens (tertiary/aromatic N) is 2. The van der Waals surface area contributed by atoms with Crippen LogP contribution in [0, 0.1) is 0 Å². The number of hydrazone groups is 1. The number of nitrogens with one attached hydrogen (secondary N) is 1. The lowest BCUT2D eigenvalue weighted by molar-refractivity contribution is -0.119. The van der Waals surface area contributed by atoms with Crippen LogP contribution in [0.2, 0.25) is 5.02 Å². The Kier molecular flexibility index (Phi) is 7.98. The molecule has 0 aromatic heterocycles.